The van der Waals surface area contributed by atoms with E-state index < -0.39 is 0 Å². The second-order valence-corrected chi connectivity index (χ2v) is 3.85. The number of benzene rings is 1. The Morgan fingerprint density at radius 1 is 1.29 bits per heavy atom. The van der Waals surface area contributed by atoms with Gasteiger partial charge in [-0.2, -0.15) is 0 Å². The zero-order valence-electron chi connectivity index (χ0n) is 8.25. The summed E-state index contributed by atoms with van der Waals surface area (Å²) in [7, 11) is 0. The van der Waals surface area contributed by atoms with Gasteiger partial charge in [-0.05, 0) is 37.9 Å². The molecule has 0 radical (unpaired) electrons. The lowest BCUT2D eigenvalue weighted by atomic mass is 10.0. The molecule has 3 nitrogen and oxygen atoms in total. The van der Waals surface area contributed by atoms with E-state index in [1.807, 2.05) is 13.0 Å². The average Bonchev–Trinajstić information content (AvgIpc) is 2.64. The van der Waals surface area contributed by atoms with Gasteiger partial charge in [-0.25, -0.2) is 0 Å². The molecule has 0 bridgehead atoms. The van der Waals surface area contributed by atoms with Crippen molar-refractivity contribution < 1.29 is 10.2 Å². The highest BCUT2D eigenvalue weighted by Crippen LogP contribution is 2.34. The van der Waals surface area contributed by atoms with Crippen molar-refractivity contribution in [3.63, 3.8) is 0 Å². The summed E-state index contributed by atoms with van der Waals surface area (Å²) < 4.78 is 0. The Morgan fingerprint density at radius 2 is 2.07 bits per heavy atom. The van der Waals surface area contributed by atoms with E-state index in [1.165, 1.54) is 6.07 Å². The number of rotatable bonds is 1. The summed E-state index contributed by atoms with van der Waals surface area (Å²) in [6.07, 6.45) is 2.20. The predicted molar refractivity (Wildman–Crippen MR) is 54.5 cm³/mol. The second-order valence-electron chi connectivity index (χ2n) is 3.85. The normalized spacial score (nSPS) is 21.4. The number of aromatic hydroxyl groups is 2. The van der Waals surface area contributed by atoms with Crippen LogP contribution in [0.15, 0.2) is 12.1 Å². The maximum atomic E-state index is 9.68. The number of hydrogen-bond acceptors (Lipinski definition) is 3. The molecule has 3 N–H and O–H groups in total. The Labute approximate surface area is 83.4 Å². The van der Waals surface area contributed by atoms with Crippen LogP contribution in [0.3, 0.4) is 0 Å². The first-order valence-corrected chi connectivity index (χ1v) is 4.94. The molecular weight excluding hydrogens is 178 g/mol. The van der Waals surface area contributed by atoms with Crippen molar-refractivity contribution in [3.8, 4) is 11.5 Å². The molecule has 1 aromatic carbocycles. The van der Waals surface area contributed by atoms with Gasteiger partial charge in [0.2, 0.25) is 0 Å². The van der Waals surface area contributed by atoms with Crippen molar-refractivity contribution in [1.29, 1.82) is 0 Å². The standard InChI is InChI=1S/C11H15NO2/c1-7-5-8(9-3-2-4-12-9)11(14)6-10(7)13/h5-6,9,12-14H,2-4H2,1H3. The highest BCUT2D eigenvalue weighted by Gasteiger charge is 2.20. The zero-order chi connectivity index (χ0) is 10.1. The van der Waals surface area contributed by atoms with Crippen LogP contribution < -0.4 is 5.32 Å². The minimum Gasteiger partial charge on any atom is -0.508 e. The van der Waals surface area contributed by atoms with Gasteiger partial charge in [-0.15, -0.1) is 0 Å². The summed E-state index contributed by atoms with van der Waals surface area (Å²) in [4.78, 5) is 0. The minimum absolute atomic E-state index is 0.157. The lowest BCUT2D eigenvalue weighted by Crippen LogP contribution is -2.13. The average molecular weight is 193 g/mol. The van der Waals surface area contributed by atoms with Crippen molar-refractivity contribution in [2.24, 2.45) is 0 Å². The van der Waals surface area contributed by atoms with Crippen molar-refractivity contribution in [2.75, 3.05) is 6.54 Å². The number of phenols is 2. The molecule has 1 atom stereocenters. The number of hydrogen-bond donors (Lipinski definition) is 3. The molecule has 76 valence electrons. The third kappa shape index (κ3) is 1.55. The Balaban J connectivity index is 2.37. The molecule has 2 rings (SSSR count). The summed E-state index contributed by atoms with van der Waals surface area (Å²) in [5, 5.41) is 22.4. The van der Waals surface area contributed by atoms with Gasteiger partial charge in [-0.3, -0.25) is 0 Å². The molecule has 1 aliphatic rings. The van der Waals surface area contributed by atoms with Crippen LogP contribution in [0.1, 0.15) is 30.0 Å². The third-order valence-electron chi connectivity index (χ3n) is 2.78. The third-order valence-corrected chi connectivity index (χ3v) is 2.78. The molecule has 1 aromatic rings. The smallest absolute Gasteiger partial charge is 0.124 e. The van der Waals surface area contributed by atoms with Crippen LogP contribution in [0.2, 0.25) is 0 Å². The molecule has 1 unspecified atom stereocenters. The summed E-state index contributed by atoms with van der Waals surface area (Å²) >= 11 is 0. The number of nitrogens with one attached hydrogen (secondary N) is 1. The van der Waals surface area contributed by atoms with E-state index in [9.17, 15) is 10.2 Å². The quantitative estimate of drug-likeness (QED) is 0.637. The van der Waals surface area contributed by atoms with Crippen LogP contribution in [0.25, 0.3) is 0 Å². The van der Waals surface area contributed by atoms with Crippen molar-refractivity contribution in [2.45, 2.75) is 25.8 Å². The van der Waals surface area contributed by atoms with Crippen LogP contribution >= 0.6 is 0 Å². The highest BCUT2D eigenvalue weighted by molar-refractivity contribution is 5.46. The summed E-state index contributed by atoms with van der Waals surface area (Å²) in [5.41, 5.74) is 1.71. The molecule has 1 fully saturated rings. The molecule has 0 aliphatic carbocycles. The van der Waals surface area contributed by atoms with E-state index in [1.54, 1.807) is 0 Å². The predicted octanol–water partition coefficient (Wildman–Crippen LogP) is 1.83. The van der Waals surface area contributed by atoms with Gasteiger partial charge in [0.25, 0.3) is 0 Å². The molecule has 0 spiro atoms. The van der Waals surface area contributed by atoms with Gasteiger partial charge in [0.1, 0.15) is 11.5 Å². The highest BCUT2D eigenvalue weighted by atomic mass is 16.3. The molecule has 1 saturated heterocycles. The zero-order valence-corrected chi connectivity index (χ0v) is 8.25. The fourth-order valence-electron chi connectivity index (χ4n) is 1.94. The second kappa shape index (κ2) is 3.50. The van der Waals surface area contributed by atoms with E-state index in [4.69, 9.17) is 0 Å². The van der Waals surface area contributed by atoms with Gasteiger partial charge in [0.15, 0.2) is 0 Å². The van der Waals surface area contributed by atoms with Crippen molar-refractivity contribution in [3.05, 3.63) is 23.3 Å². The van der Waals surface area contributed by atoms with Crippen LogP contribution in [0.5, 0.6) is 11.5 Å². The first kappa shape index (κ1) is 9.34. The van der Waals surface area contributed by atoms with E-state index in [0.717, 1.165) is 30.5 Å². The lowest BCUT2D eigenvalue weighted by Gasteiger charge is -2.14. The van der Waals surface area contributed by atoms with Gasteiger partial charge >= 0.3 is 0 Å². The summed E-state index contributed by atoms with van der Waals surface area (Å²) in [6.45, 7) is 2.84. The Bertz CT molecular complexity index is 343. The van der Waals surface area contributed by atoms with E-state index >= 15 is 0 Å². The Hall–Kier alpha value is -1.22. The molecular formula is C11H15NO2. The summed E-state index contributed by atoms with van der Waals surface area (Å²) in [5.74, 6) is 0.344. The molecule has 0 aromatic heterocycles. The lowest BCUT2D eigenvalue weighted by molar-refractivity contribution is 0.436. The number of aryl methyl sites for hydroxylation is 1. The topological polar surface area (TPSA) is 52.5 Å². The Kier molecular flexibility index (Phi) is 2.33. The molecule has 0 saturated carbocycles. The largest absolute Gasteiger partial charge is 0.508 e. The van der Waals surface area contributed by atoms with Crippen LogP contribution in [0, 0.1) is 6.92 Å². The van der Waals surface area contributed by atoms with Crippen LogP contribution in [0.4, 0.5) is 0 Å². The monoisotopic (exact) mass is 193 g/mol. The fourth-order valence-corrected chi connectivity index (χ4v) is 1.94. The molecule has 3 heteroatoms. The summed E-state index contributed by atoms with van der Waals surface area (Å²) in [6, 6.07) is 3.52. The van der Waals surface area contributed by atoms with Gasteiger partial charge in [0, 0.05) is 17.7 Å². The maximum Gasteiger partial charge on any atom is 0.124 e. The minimum atomic E-state index is 0.157. The molecule has 0 amide bonds. The van der Waals surface area contributed by atoms with Gasteiger partial charge < -0.3 is 15.5 Å². The Morgan fingerprint density at radius 3 is 2.71 bits per heavy atom. The van der Waals surface area contributed by atoms with Gasteiger partial charge in [0.05, 0.1) is 0 Å². The molecule has 1 heterocycles. The molecule has 14 heavy (non-hydrogen) atoms. The number of phenolic OH excluding ortho intramolecular Hbond substituents is 2. The van der Waals surface area contributed by atoms with Crippen molar-refractivity contribution in [1.82, 2.24) is 5.32 Å². The van der Waals surface area contributed by atoms with E-state index in [0.29, 0.717) is 0 Å². The fraction of sp³-hybridized carbons (Fsp3) is 0.455. The van der Waals surface area contributed by atoms with E-state index in [-0.39, 0.29) is 17.5 Å². The maximum absolute atomic E-state index is 9.68. The molecule has 1 aliphatic heterocycles. The van der Waals surface area contributed by atoms with E-state index in [2.05, 4.69) is 5.32 Å². The van der Waals surface area contributed by atoms with Crippen LogP contribution in [-0.2, 0) is 0 Å². The first-order chi connectivity index (χ1) is 6.68. The van der Waals surface area contributed by atoms with Gasteiger partial charge in [-0.1, -0.05) is 0 Å². The van der Waals surface area contributed by atoms with Crippen LogP contribution in [-0.4, -0.2) is 16.8 Å². The SMILES string of the molecule is Cc1cc(C2CCCN2)c(O)cc1O. The van der Waals surface area contributed by atoms with Crippen molar-refractivity contribution >= 4 is 0 Å². The first-order valence-electron chi connectivity index (χ1n) is 4.94.